The molecule has 0 atom stereocenters. The second kappa shape index (κ2) is 11.3. The van der Waals surface area contributed by atoms with Gasteiger partial charge in [-0.1, -0.05) is 84.1 Å². The molecule has 2 heterocycles. The van der Waals surface area contributed by atoms with Gasteiger partial charge in [-0.3, -0.25) is 14.6 Å². The Morgan fingerprint density at radius 3 is 2.17 bits per heavy atom. The first-order valence-corrected chi connectivity index (χ1v) is 13.5. The highest BCUT2D eigenvalue weighted by molar-refractivity contribution is 7.22. The zero-order valence-electron chi connectivity index (χ0n) is 21.0. The summed E-state index contributed by atoms with van der Waals surface area (Å²) in [7, 11) is 0. The molecule has 0 radical (unpaired) electrons. The number of hydrogen-bond acceptors (Lipinski definition) is 5. The van der Waals surface area contributed by atoms with E-state index in [1.54, 1.807) is 11.3 Å². The number of carbonyl (C=O) groups is 1. The summed E-state index contributed by atoms with van der Waals surface area (Å²) < 4.78 is 6.66. The monoisotopic (exact) mass is 499 g/mol. The average Bonchev–Trinajstić information content (AvgIpc) is 3.37. The molecule has 1 saturated heterocycles. The lowest BCUT2D eigenvalue weighted by Crippen LogP contribution is -2.40. The lowest BCUT2D eigenvalue weighted by Gasteiger charge is -2.29. The fourth-order valence-corrected chi connectivity index (χ4v) is 6.01. The predicted molar refractivity (Wildman–Crippen MR) is 148 cm³/mol. The van der Waals surface area contributed by atoms with Crippen molar-refractivity contribution in [2.75, 3.05) is 44.3 Å². The van der Waals surface area contributed by atoms with Crippen LogP contribution >= 0.6 is 11.3 Å². The Morgan fingerprint density at radius 2 is 1.56 bits per heavy atom. The van der Waals surface area contributed by atoms with E-state index in [9.17, 15) is 4.79 Å². The van der Waals surface area contributed by atoms with E-state index in [0.717, 1.165) is 71.3 Å². The smallest absolute Gasteiger partial charge is 0.240 e. The molecule has 1 fully saturated rings. The first kappa shape index (κ1) is 24.6. The van der Waals surface area contributed by atoms with Gasteiger partial charge >= 0.3 is 0 Å². The quantitative estimate of drug-likeness (QED) is 0.307. The third-order valence-electron chi connectivity index (χ3n) is 6.90. The molecule has 0 saturated carbocycles. The van der Waals surface area contributed by atoms with Crippen LogP contribution < -0.4 is 4.90 Å². The van der Waals surface area contributed by atoms with Gasteiger partial charge in [0.05, 0.1) is 29.3 Å². The van der Waals surface area contributed by atoms with Crippen LogP contribution in [0.5, 0.6) is 0 Å². The highest BCUT2D eigenvalue weighted by Gasteiger charge is 2.30. The van der Waals surface area contributed by atoms with Crippen molar-refractivity contribution in [3.05, 3.63) is 95.1 Å². The van der Waals surface area contributed by atoms with E-state index in [1.165, 1.54) is 5.56 Å². The van der Waals surface area contributed by atoms with Crippen molar-refractivity contribution in [3.63, 3.8) is 0 Å². The van der Waals surface area contributed by atoms with Crippen molar-refractivity contribution < 1.29 is 9.53 Å². The molecular formula is C30H33N3O2S. The molecular weight excluding hydrogens is 466 g/mol. The zero-order valence-corrected chi connectivity index (χ0v) is 21.8. The van der Waals surface area contributed by atoms with Gasteiger partial charge in [-0.2, -0.15) is 0 Å². The van der Waals surface area contributed by atoms with Gasteiger partial charge in [-0.05, 0) is 42.5 Å². The number of hydrogen-bond donors (Lipinski definition) is 0. The fourth-order valence-electron chi connectivity index (χ4n) is 4.87. The number of aryl methyl sites for hydroxylation is 2. The van der Waals surface area contributed by atoms with Gasteiger partial charge in [0.15, 0.2) is 5.13 Å². The largest absolute Gasteiger partial charge is 0.379 e. The van der Waals surface area contributed by atoms with E-state index in [4.69, 9.17) is 9.72 Å². The number of anilines is 1. The molecule has 0 bridgehead atoms. The van der Waals surface area contributed by atoms with Crippen molar-refractivity contribution in [2.24, 2.45) is 0 Å². The lowest BCUT2D eigenvalue weighted by molar-refractivity contribution is -0.119. The van der Waals surface area contributed by atoms with Crippen molar-refractivity contribution in [3.8, 4) is 0 Å². The summed E-state index contributed by atoms with van der Waals surface area (Å²) in [5.74, 6) is -0.311. The second-order valence-electron chi connectivity index (χ2n) is 9.43. The van der Waals surface area contributed by atoms with Crippen molar-refractivity contribution in [1.29, 1.82) is 0 Å². The van der Waals surface area contributed by atoms with Crippen molar-refractivity contribution >= 4 is 32.6 Å². The van der Waals surface area contributed by atoms with Gasteiger partial charge in [0.2, 0.25) is 5.91 Å². The molecule has 0 aliphatic carbocycles. The molecule has 1 aliphatic heterocycles. The van der Waals surface area contributed by atoms with Crippen molar-refractivity contribution in [1.82, 2.24) is 9.88 Å². The Labute approximate surface area is 217 Å². The Kier molecular flexibility index (Phi) is 7.75. The maximum Gasteiger partial charge on any atom is 0.240 e. The molecule has 3 aromatic carbocycles. The third-order valence-corrected chi connectivity index (χ3v) is 8.11. The van der Waals surface area contributed by atoms with E-state index in [-0.39, 0.29) is 11.8 Å². The topological polar surface area (TPSA) is 45.7 Å². The first-order chi connectivity index (χ1) is 17.6. The van der Waals surface area contributed by atoms with Crippen LogP contribution in [0.1, 0.15) is 34.6 Å². The highest BCUT2D eigenvalue weighted by atomic mass is 32.1. The summed E-state index contributed by atoms with van der Waals surface area (Å²) in [6, 6.07) is 24.5. The number of aromatic nitrogens is 1. The number of carbonyl (C=O) groups excluding carboxylic acids is 1. The zero-order chi connectivity index (χ0) is 24.9. The Bertz CT molecular complexity index is 1220. The predicted octanol–water partition coefficient (Wildman–Crippen LogP) is 5.80. The van der Waals surface area contributed by atoms with Crippen molar-refractivity contribution in [2.45, 2.75) is 26.2 Å². The summed E-state index contributed by atoms with van der Waals surface area (Å²) in [6.45, 7) is 9.24. The minimum absolute atomic E-state index is 0.0729. The summed E-state index contributed by atoms with van der Waals surface area (Å²) >= 11 is 1.63. The molecule has 0 unspecified atom stereocenters. The van der Waals surface area contributed by atoms with Crippen LogP contribution in [0.15, 0.2) is 72.8 Å². The first-order valence-electron chi connectivity index (χ1n) is 12.7. The number of morpholine rings is 1. The molecule has 186 valence electrons. The maximum absolute atomic E-state index is 14.4. The molecule has 0 spiro atoms. The van der Waals surface area contributed by atoms with E-state index in [1.807, 2.05) is 65.6 Å². The molecule has 5 nitrogen and oxygen atoms in total. The van der Waals surface area contributed by atoms with Gasteiger partial charge in [-0.25, -0.2) is 4.98 Å². The van der Waals surface area contributed by atoms with E-state index in [0.29, 0.717) is 6.54 Å². The summed E-state index contributed by atoms with van der Waals surface area (Å²) in [4.78, 5) is 23.8. The number of benzene rings is 3. The molecule has 0 N–H and O–H groups in total. The minimum atomic E-state index is -0.384. The van der Waals surface area contributed by atoms with E-state index < -0.39 is 0 Å². The average molecular weight is 500 g/mol. The SMILES string of the molecule is Cc1ccc(C)c2sc(N(CCCN3CCOCC3)C(=O)C(c3ccccc3)c3ccccc3)nc12. The number of nitrogens with zero attached hydrogens (tertiary/aromatic N) is 3. The van der Waals surface area contributed by atoms with E-state index in [2.05, 4.69) is 30.9 Å². The molecule has 1 aromatic heterocycles. The van der Waals surface area contributed by atoms with Gasteiger partial charge in [0.25, 0.3) is 0 Å². The lowest BCUT2D eigenvalue weighted by atomic mass is 9.90. The third kappa shape index (κ3) is 5.36. The van der Waals surface area contributed by atoms with Gasteiger partial charge in [-0.15, -0.1) is 0 Å². The van der Waals surface area contributed by atoms with Gasteiger partial charge in [0, 0.05) is 26.2 Å². The number of rotatable bonds is 8. The fraction of sp³-hybridized carbons (Fsp3) is 0.333. The molecule has 36 heavy (non-hydrogen) atoms. The van der Waals surface area contributed by atoms with E-state index >= 15 is 0 Å². The molecule has 6 heteroatoms. The highest BCUT2D eigenvalue weighted by Crippen LogP contribution is 2.36. The van der Waals surface area contributed by atoms with Crippen LogP contribution in [-0.4, -0.2) is 55.2 Å². The molecule has 1 aliphatic rings. The van der Waals surface area contributed by atoms with Gasteiger partial charge < -0.3 is 4.74 Å². The second-order valence-corrected chi connectivity index (χ2v) is 10.4. The molecule has 5 rings (SSSR count). The van der Waals surface area contributed by atoms with Crippen LogP contribution in [0, 0.1) is 13.8 Å². The normalized spacial score (nSPS) is 14.4. The molecule has 1 amide bonds. The summed E-state index contributed by atoms with van der Waals surface area (Å²) in [5.41, 5.74) is 5.34. The number of fused-ring (bicyclic) bond motifs is 1. The summed E-state index contributed by atoms with van der Waals surface area (Å²) in [6.07, 6.45) is 0.885. The van der Waals surface area contributed by atoms with Crippen LogP contribution in [0.2, 0.25) is 0 Å². The maximum atomic E-state index is 14.4. The number of amides is 1. The molecule has 4 aromatic rings. The Balaban J connectivity index is 1.51. The Hall–Kier alpha value is -3.06. The number of thiazole rings is 1. The Morgan fingerprint density at radius 1 is 0.944 bits per heavy atom. The number of ether oxygens (including phenoxy) is 1. The van der Waals surface area contributed by atoms with Crippen LogP contribution in [0.3, 0.4) is 0 Å². The standard InChI is InChI=1S/C30H33N3O2S/c1-22-14-15-23(2)28-27(22)31-30(36-28)33(17-9-16-32-18-20-35-21-19-32)29(34)26(24-10-5-3-6-11-24)25-12-7-4-8-13-25/h3-8,10-15,26H,9,16-21H2,1-2H3. The van der Waals surface area contributed by atoms with Crippen LogP contribution in [-0.2, 0) is 9.53 Å². The minimum Gasteiger partial charge on any atom is -0.379 e. The van der Waals surface area contributed by atoms with Crippen LogP contribution in [0.25, 0.3) is 10.2 Å². The van der Waals surface area contributed by atoms with Gasteiger partial charge in [0.1, 0.15) is 0 Å². The summed E-state index contributed by atoms with van der Waals surface area (Å²) in [5, 5.41) is 0.784. The van der Waals surface area contributed by atoms with Crippen LogP contribution in [0.4, 0.5) is 5.13 Å².